The van der Waals surface area contributed by atoms with E-state index in [2.05, 4.69) is 37.2 Å². The maximum absolute atomic E-state index is 12.1. The van der Waals surface area contributed by atoms with Crippen LogP contribution in [0.1, 0.15) is 25.0 Å². The van der Waals surface area contributed by atoms with E-state index in [0.717, 1.165) is 0 Å². The van der Waals surface area contributed by atoms with Gasteiger partial charge in [-0.15, -0.1) is 0 Å². The molecule has 0 aliphatic rings. The number of hydrogen-bond donors (Lipinski definition) is 1. The first-order valence-corrected chi connectivity index (χ1v) is 10.1. The van der Waals surface area contributed by atoms with Gasteiger partial charge in [0, 0.05) is 18.2 Å². The van der Waals surface area contributed by atoms with Gasteiger partial charge < -0.3 is 10.1 Å². The van der Waals surface area contributed by atoms with E-state index in [1.165, 1.54) is 18.2 Å². The molecule has 0 fully saturated rings. The number of carbonyl (C=O) groups excluding carboxylic acids is 1. The number of halogens is 2. The largest absolute Gasteiger partial charge is 0.487 e. The predicted octanol–water partition coefficient (Wildman–Crippen LogP) is 5.13. The highest BCUT2D eigenvalue weighted by atomic mass is 79.9. The van der Waals surface area contributed by atoms with Crippen LogP contribution in [0.4, 0.5) is 5.69 Å². The molecule has 0 radical (unpaired) electrons. The number of nitrogens with zero attached hydrogens (tertiary/aromatic N) is 2. The lowest BCUT2D eigenvalue weighted by molar-refractivity contribution is -0.384. The van der Waals surface area contributed by atoms with E-state index in [1.54, 1.807) is 24.3 Å². The van der Waals surface area contributed by atoms with Crippen LogP contribution in [0.2, 0.25) is 0 Å². The van der Waals surface area contributed by atoms with Crippen molar-refractivity contribution in [1.29, 1.82) is 5.26 Å². The molecule has 7 nitrogen and oxygen atoms in total. The molecule has 150 valence electrons. The highest BCUT2D eigenvalue weighted by molar-refractivity contribution is 9.11. The zero-order valence-corrected chi connectivity index (χ0v) is 18.8. The van der Waals surface area contributed by atoms with Crippen LogP contribution < -0.4 is 10.1 Å². The van der Waals surface area contributed by atoms with Crippen molar-refractivity contribution >= 4 is 49.5 Å². The van der Waals surface area contributed by atoms with Crippen molar-refractivity contribution in [1.82, 2.24) is 5.32 Å². The molecule has 0 saturated carbocycles. The van der Waals surface area contributed by atoms with Gasteiger partial charge in [0.1, 0.15) is 24.0 Å². The molecule has 0 bridgehead atoms. The Labute approximate surface area is 184 Å². The summed E-state index contributed by atoms with van der Waals surface area (Å²) < 4.78 is 7.00. The number of nitro groups is 1. The Morgan fingerprint density at radius 3 is 2.52 bits per heavy atom. The van der Waals surface area contributed by atoms with E-state index in [1.807, 2.05) is 19.9 Å². The molecule has 0 heterocycles. The highest BCUT2D eigenvalue weighted by Crippen LogP contribution is 2.36. The van der Waals surface area contributed by atoms with Crippen molar-refractivity contribution in [3.8, 4) is 11.8 Å². The molecule has 29 heavy (non-hydrogen) atoms. The summed E-state index contributed by atoms with van der Waals surface area (Å²) in [6.45, 7) is 3.76. The van der Waals surface area contributed by atoms with Gasteiger partial charge in [0.05, 0.1) is 13.9 Å². The predicted molar refractivity (Wildman–Crippen MR) is 116 cm³/mol. The molecule has 2 aromatic rings. The van der Waals surface area contributed by atoms with Crippen molar-refractivity contribution in [2.75, 3.05) is 0 Å². The normalized spacial score (nSPS) is 11.1. The number of benzene rings is 2. The molecule has 0 saturated heterocycles. The molecule has 1 amide bonds. The number of carbonyl (C=O) groups is 1. The first kappa shape index (κ1) is 22.6. The molecule has 2 aromatic carbocycles. The summed E-state index contributed by atoms with van der Waals surface area (Å²) in [6, 6.07) is 11.5. The second kappa shape index (κ2) is 10.2. The number of nitrogens with one attached hydrogen (secondary N) is 1. The van der Waals surface area contributed by atoms with Crippen molar-refractivity contribution in [3.05, 3.63) is 72.2 Å². The van der Waals surface area contributed by atoms with Gasteiger partial charge >= 0.3 is 0 Å². The topological polar surface area (TPSA) is 105 Å². The Kier molecular flexibility index (Phi) is 7.93. The SMILES string of the molecule is CC(C)NC(=O)/C(C#N)=C\c1cc(Br)c(OCc2cccc([N+](=O)[O-])c2)c(Br)c1. The van der Waals surface area contributed by atoms with Gasteiger partial charge in [-0.1, -0.05) is 12.1 Å². The fraction of sp³-hybridized carbons (Fsp3) is 0.200. The van der Waals surface area contributed by atoms with Crippen molar-refractivity contribution in [3.63, 3.8) is 0 Å². The van der Waals surface area contributed by atoms with Crippen LogP contribution in [-0.4, -0.2) is 16.9 Å². The lowest BCUT2D eigenvalue weighted by Crippen LogP contribution is -2.30. The fourth-order valence-electron chi connectivity index (χ4n) is 2.37. The third kappa shape index (κ3) is 6.41. The summed E-state index contributed by atoms with van der Waals surface area (Å²) in [5.74, 6) is 0.0551. The van der Waals surface area contributed by atoms with Crippen molar-refractivity contribution in [2.45, 2.75) is 26.5 Å². The summed E-state index contributed by atoms with van der Waals surface area (Å²) in [5, 5.41) is 22.8. The van der Waals surface area contributed by atoms with Crippen LogP contribution in [0, 0.1) is 21.4 Å². The number of nitriles is 1. The molecular weight excluding hydrogens is 506 g/mol. The molecule has 0 atom stereocenters. The van der Waals surface area contributed by atoms with E-state index in [-0.39, 0.29) is 23.9 Å². The smallest absolute Gasteiger partial charge is 0.269 e. The average molecular weight is 523 g/mol. The standard InChI is InChI=1S/C20H17Br2N3O4/c1-12(2)24-20(26)15(10-23)6-14-8-17(21)19(18(22)9-14)29-11-13-4-3-5-16(7-13)25(27)28/h3-9,12H,11H2,1-2H3,(H,24,26)/b15-6-. The van der Waals surface area contributed by atoms with Gasteiger partial charge in [0.2, 0.25) is 0 Å². The van der Waals surface area contributed by atoms with Gasteiger partial charge in [-0.05, 0) is 75.0 Å². The van der Waals surface area contributed by atoms with Crippen molar-refractivity contribution in [2.24, 2.45) is 0 Å². The van der Waals surface area contributed by atoms with E-state index in [0.29, 0.717) is 25.8 Å². The Morgan fingerprint density at radius 1 is 1.31 bits per heavy atom. The van der Waals surface area contributed by atoms with Gasteiger partial charge in [-0.2, -0.15) is 5.26 Å². The minimum atomic E-state index is -0.460. The van der Waals surface area contributed by atoms with Crippen LogP contribution in [-0.2, 0) is 11.4 Å². The maximum atomic E-state index is 12.1. The summed E-state index contributed by atoms with van der Waals surface area (Å²) in [7, 11) is 0. The molecule has 0 aliphatic heterocycles. The zero-order valence-electron chi connectivity index (χ0n) is 15.6. The summed E-state index contributed by atoms with van der Waals surface area (Å²) in [6.07, 6.45) is 1.48. The summed E-state index contributed by atoms with van der Waals surface area (Å²) in [4.78, 5) is 22.5. The van der Waals surface area contributed by atoms with Crippen LogP contribution in [0.5, 0.6) is 5.75 Å². The fourth-order valence-corrected chi connectivity index (χ4v) is 3.82. The number of non-ortho nitro benzene ring substituents is 1. The molecule has 0 unspecified atom stereocenters. The third-order valence-corrected chi connectivity index (χ3v) is 4.80. The molecule has 0 spiro atoms. The Morgan fingerprint density at radius 2 is 1.97 bits per heavy atom. The van der Waals surface area contributed by atoms with Crippen molar-refractivity contribution < 1.29 is 14.5 Å². The average Bonchev–Trinajstić information content (AvgIpc) is 2.65. The molecule has 0 aromatic heterocycles. The summed E-state index contributed by atoms with van der Waals surface area (Å²) >= 11 is 6.84. The molecule has 1 N–H and O–H groups in total. The second-order valence-electron chi connectivity index (χ2n) is 6.33. The van der Waals surface area contributed by atoms with Gasteiger partial charge in [0.15, 0.2) is 0 Å². The van der Waals surface area contributed by atoms with Crippen LogP contribution in [0.25, 0.3) is 6.08 Å². The van der Waals surface area contributed by atoms with Crippen LogP contribution in [0.15, 0.2) is 50.9 Å². The Hall–Kier alpha value is -2.70. The quantitative estimate of drug-likeness (QED) is 0.235. The van der Waals surface area contributed by atoms with E-state index < -0.39 is 10.8 Å². The number of ether oxygens (including phenoxy) is 1. The second-order valence-corrected chi connectivity index (χ2v) is 8.04. The summed E-state index contributed by atoms with van der Waals surface area (Å²) in [5.41, 5.74) is 1.26. The maximum Gasteiger partial charge on any atom is 0.269 e. The molecule has 2 rings (SSSR count). The minimum Gasteiger partial charge on any atom is -0.487 e. The Balaban J connectivity index is 2.22. The number of amides is 1. The third-order valence-electron chi connectivity index (χ3n) is 3.62. The van der Waals surface area contributed by atoms with Crippen LogP contribution >= 0.6 is 31.9 Å². The van der Waals surface area contributed by atoms with E-state index >= 15 is 0 Å². The monoisotopic (exact) mass is 521 g/mol. The number of nitro benzene ring substituents is 1. The van der Waals surface area contributed by atoms with Gasteiger partial charge in [-0.25, -0.2) is 0 Å². The lowest BCUT2D eigenvalue weighted by Gasteiger charge is -2.12. The van der Waals surface area contributed by atoms with Gasteiger partial charge in [-0.3, -0.25) is 14.9 Å². The molecule has 9 heteroatoms. The Bertz CT molecular complexity index is 990. The first-order chi connectivity index (χ1) is 13.7. The zero-order chi connectivity index (χ0) is 21.6. The molecule has 0 aliphatic carbocycles. The van der Waals surface area contributed by atoms with E-state index in [9.17, 15) is 20.2 Å². The lowest BCUT2D eigenvalue weighted by atomic mass is 10.1. The van der Waals surface area contributed by atoms with E-state index in [4.69, 9.17) is 4.74 Å². The molecular formula is C20H17Br2N3O4. The minimum absolute atomic E-state index is 0.00609. The van der Waals surface area contributed by atoms with Gasteiger partial charge in [0.25, 0.3) is 11.6 Å². The first-order valence-electron chi connectivity index (χ1n) is 8.49. The highest BCUT2D eigenvalue weighted by Gasteiger charge is 2.13. The van der Waals surface area contributed by atoms with Crippen LogP contribution in [0.3, 0.4) is 0 Å². The number of rotatable bonds is 7. The number of hydrogen-bond acceptors (Lipinski definition) is 5.